The van der Waals surface area contributed by atoms with Gasteiger partial charge in [0.05, 0.1) is 18.6 Å². The van der Waals surface area contributed by atoms with Crippen molar-refractivity contribution in [1.82, 2.24) is 9.55 Å². The first kappa shape index (κ1) is 18.1. The predicted molar refractivity (Wildman–Crippen MR) is 105 cm³/mol. The lowest BCUT2D eigenvalue weighted by Crippen LogP contribution is -2.27. The predicted octanol–water partition coefficient (Wildman–Crippen LogP) is 4.00. The van der Waals surface area contributed by atoms with Crippen LogP contribution in [0.5, 0.6) is 0 Å². The molecule has 2 heterocycles. The van der Waals surface area contributed by atoms with Gasteiger partial charge in [-0.15, -0.1) is 0 Å². The van der Waals surface area contributed by atoms with E-state index in [1.165, 1.54) is 11.8 Å². The molecule has 0 N–H and O–H groups in total. The number of aromatic nitrogens is 2. The molecule has 0 saturated carbocycles. The van der Waals surface area contributed by atoms with Gasteiger partial charge in [0.1, 0.15) is 10.8 Å². The van der Waals surface area contributed by atoms with Gasteiger partial charge in [-0.05, 0) is 55.7 Å². The minimum absolute atomic E-state index is 0.00928. The second-order valence-corrected chi connectivity index (χ2v) is 7.76. The molecule has 3 aromatic rings. The van der Waals surface area contributed by atoms with Crippen LogP contribution in [0, 0.1) is 0 Å². The lowest BCUT2D eigenvalue weighted by Gasteiger charge is -2.13. The topological polar surface area (TPSA) is 65.1 Å². The molecule has 0 bridgehead atoms. The summed E-state index contributed by atoms with van der Waals surface area (Å²) in [6.45, 7) is 0.385. The van der Waals surface area contributed by atoms with Gasteiger partial charge >= 0.3 is 5.69 Å². The Kier molecular flexibility index (Phi) is 5.18. The van der Waals surface area contributed by atoms with Crippen molar-refractivity contribution in [3.8, 4) is 0 Å². The Balaban J connectivity index is 1.56. The molecular formula is C20H17ClN2O3S. The molecule has 1 aromatic carbocycles. The summed E-state index contributed by atoms with van der Waals surface area (Å²) in [6.07, 6.45) is 4.29. The van der Waals surface area contributed by atoms with Gasteiger partial charge in [0.2, 0.25) is 0 Å². The smallest absolute Gasteiger partial charge is 0.349 e. The highest BCUT2D eigenvalue weighted by atomic mass is 35.5. The van der Waals surface area contributed by atoms with E-state index in [1.807, 2.05) is 6.07 Å². The zero-order valence-corrected chi connectivity index (χ0v) is 16.1. The van der Waals surface area contributed by atoms with Gasteiger partial charge < -0.3 is 4.42 Å². The standard InChI is InChI=1S/C20H17ClN2O3S/c21-14-8-6-13(7-9-14)18(24)12-27-19-16-4-1-5-17(16)23(20(25)22-19)11-15-3-2-10-26-15/h2-3,6-10H,1,4-5,11-12H2. The monoisotopic (exact) mass is 400 g/mol. The highest BCUT2D eigenvalue weighted by Gasteiger charge is 2.23. The first-order valence-corrected chi connectivity index (χ1v) is 10.0. The SMILES string of the molecule is O=C(CSc1nc(=O)n(Cc2ccco2)c2c1CCC2)c1ccc(Cl)cc1. The summed E-state index contributed by atoms with van der Waals surface area (Å²) in [4.78, 5) is 29.2. The molecule has 0 spiro atoms. The summed E-state index contributed by atoms with van der Waals surface area (Å²) in [5.74, 6) is 0.958. The number of fused-ring (bicyclic) bond motifs is 1. The average Bonchev–Trinajstić information content (AvgIpc) is 3.34. The van der Waals surface area contributed by atoms with Crippen LogP contribution in [0.15, 0.2) is 56.9 Å². The summed E-state index contributed by atoms with van der Waals surface area (Å²) in [5, 5.41) is 1.27. The first-order chi connectivity index (χ1) is 13.1. The average molecular weight is 401 g/mol. The summed E-state index contributed by atoms with van der Waals surface area (Å²) >= 11 is 7.20. The van der Waals surface area contributed by atoms with Gasteiger partial charge in [-0.25, -0.2) is 4.79 Å². The van der Waals surface area contributed by atoms with Crippen LogP contribution in [0.3, 0.4) is 0 Å². The van der Waals surface area contributed by atoms with E-state index in [0.29, 0.717) is 22.2 Å². The van der Waals surface area contributed by atoms with E-state index < -0.39 is 0 Å². The molecule has 7 heteroatoms. The normalized spacial score (nSPS) is 12.9. The fraction of sp³-hybridized carbons (Fsp3) is 0.250. The van der Waals surface area contributed by atoms with Crippen LogP contribution in [-0.4, -0.2) is 21.1 Å². The van der Waals surface area contributed by atoms with Crippen molar-refractivity contribution < 1.29 is 9.21 Å². The maximum Gasteiger partial charge on any atom is 0.349 e. The lowest BCUT2D eigenvalue weighted by atomic mass is 10.1. The summed E-state index contributed by atoms with van der Waals surface area (Å²) in [7, 11) is 0. The highest BCUT2D eigenvalue weighted by Crippen LogP contribution is 2.30. The van der Waals surface area contributed by atoms with Crippen LogP contribution in [-0.2, 0) is 19.4 Å². The molecule has 1 aliphatic rings. The molecule has 5 nitrogen and oxygen atoms in total. The maximum absolute atomic E-state index is 12.6. The second kappa shape index (κ2) is 7.74. The maximum atomic E-state index is 12.6. The molecule has 0 unspecified atom stereocenters. The number of benzene rings is 1. The zero-order chi connectivity index (χ0) is 18.8. The van der Waals surface area contributed by atoms with E-state index in [9.17, 15) is 9.59 Å². The van der Waals surface area contributed by atoms with Crippen LogP contribution in [0.2, 0.25) is 5.02 Å². The van der Waals surface area contributed by atoms with Gasteiger partial charge in [0.25, 0.3) is 0 Å². The number of Topliss-reactive ketones (excluding diaryl/α,β-unsaturated/α-hetero) is 1. The Hall–Kier alpha value is -2.31. The minimum atomic E-state index is -0.298. The van der Waals surface area contributed by atoms with Crippen molar-refractivity contribution in [3.05, 3.63) is 80.7 Å². The fourth-order valence-corrected chi connectivity index (χ4v) is 4.38. The minimum Gasteiger partial charge on any atom is -0.467 e. The summed E-state index contributed by atoms with van der Waals surface area (Å²) < 4.78 is 7.06. The Morgan fingerprint density at radius 1 is 1.22 bits per heavy atom. The number of thioether (sulfide) groups is 1. The molecule has 1 aliphatic carbocycles. The van der Waals surface area contributed by atoms with Crippen LogP contribution in [0.25, 0.3) is 0 Å². The molecule has 2 aromatic heterocycles. The molecule has 27 heavy (non-hydrogen) atoms. The molecule has 0 saturated heterocycles. The number of hydrogen-bond acceptors (Lipinski definition) is 5. The number of carbonyl (C=O) groups excluding carboxylic acids is 1. The third-order valence-corrected chi connectivity index (χ3v) is 5.87. The van der Waals surface area contributed by atoms with E-state index in [1.54, 1.807) is 41.2 Å². The molecule has 4 rings (SSSR count). The summed E-state index contributed by atoms with van der Waals surface area (Å²) in [5.41, 5.74) is 2.39. The van der Waals surface area contributed by atoms with E-state index in [0.717, 1.165) is 36.3 Å². The number of rotatable bonds is 6. The van der Waals surface area contributed by atoms with Crippen molar-refractivity contribution in [1.29, 1.82) is 0 Å². The largest absolute Gasteiger partial charge is 0.467 e. The van der Waals surface area contributed by atoms with Gasteiger partial charge in [0.15, 0.2) is 5.78 Å². The van der Waals surface area contributed by atoms with E-state index in [2.05, 4.69) is 4.98 Å². The van der Waals surface area contributed by atoms with Gasteiger partial charge in [-0.1, -0.05) is 23.4 Å². The van der Waals surface area contributed by atoms with Crippen LogP contribution >= 0.6 is 23.4 Å². The quantitative estimate of drug-likeness (QED) is 0.355. The highest BCUT2D eigenvalue weighted by molar-refractivity contribution is 8.00. The molecule has 138 valence electrons. The number of carbonyl (C=O) groups is 1. The number of furan rings is 1. The second-order valence-electron chi connectivity index (χ2n) is 6.36. The van der Waals surface area contributed by atoms with Crippen LogP contribution < -0.4 is 5.69 Å². The molecular weight excluding hydrogens is 384 g/mol. The molecule has 0 atom stereocenters. The molecule has 0 fully saturated rings. The third kappa shape index (κ3) is 3.87. The number of halogens is 1. The van der Waals surface area contributed by atoms with Gasteiger partial charge in [-0.3, -0.25) is 9.36 Å². The Labute approximate surface area is 165 Å². The Bertz CT molecular complexity index is 1030. The third-order valence-electron chi connectivity index (χ3n) is 4.60. The van der Waals surface area contributed by atoms with Crippen molar-refractivity contribution in [2.24, 2.45) is 0 Å². The summed E-state index contributed by atoms with van der Waals surface area (Å²) in [6, 6.07) is 10.5. The van der Waals surface area contributed by atoms with E-state index >= 15 is 0 Å². The van der Waals surface area contributed by atoms with Gasteiger partial charge in [-0.2, -0.15) is 4.98 Å². The van der Waals surface area contributed by atoms with E-state index in [4.69, 9.17) is 16.0 Å². The van der Waals surface area contributed by atoms with Crippen LogP contribution in [0.4, 0.5) is 0 Å². The van der Waals surface area contributed by atoms with E-state index in [-0.39, 0.29) is 17.2 Å². The van der Waals surface area contributed by atoms with Crippen molar-refractivity contribution >= 4 is 29.1 Å². The number of hydrogen-bond donors (Lipinski definition) is 0. The van der Waals surface area contributed by atoms with Crippen molar-refractivity contribution in [2.75, 3.05) is 5.75 Å². The van der Waals surface area contributed by atoms with Crippen molar-refractivity contribution in [3.63, 3.8) is 0 Å². The first-order valence-electron chi connectivity index (χ1n) is 8.68. The zero-order valence-electron chi connectivity index (χ0n) is 14.5. The van der Waals surface area contributed by atoms with Gasteiger partial charge in [0, 0.05) is 21.8 Å². The lowest BCUT2D eigenvalue weighted by molar-refractivity contribution is 0.102. The fourth-order valence-electron chi connectivity index (χ4n) is 3.28. The molecule has 0 aliphatic heterocycles. The van der Waals surface area contributed by atoms with Crippen molar-refractivity contribution in [2.45, 2.75) is 30.8 Å². The molecule has 0 amide bonds. The Morgan fingerprint density at radius 3 is 2.78 bits per heavy atom. The molecule has 0 radical (unpaired) electrons. The Morgan fingerprint density at radius 2 is 2.04 bits per heavy atom. The number of nitrogens with zero attached hydrogens (tertiary/aromatic N) is 2. The van der Waals surface area contributed by atoms with Crippen LogP contribution in [0.1, 0.15) is 33.8 Å². The number of ketones is 1.